The summed E-state index contributed by atoms with van der Waals surface area (Å²) in [5.41, 5.74) is 10.2. The van der Waals surface area contributed by atoms with Gasteiger partial charge < -0.3 is 10.0 Å². The number of carbonyl (C=O) groups is 2. The highest BCUT2D eigenvalue weighted by Gasteiger charge is 2.39. The van der Waals surface area contributed by atoms with Crippen LogP contribution in [-0.2, 0) is 4.79 Å². The maximum absolute atomic E-state index is 12.1. The zero-order valence-electron chi connectivity index (χ0n) is 12.7. The largest absolute Gasteiger partial charge is 0.478 e. The number of azide groups is 1. The first-order valence-corrected chi connectivity index (χ1v) is 7.13. The van der Waals surface area contributed by atoms with Crippen molar-refractivity contribution in [1.29, 1.82) is 0 Å². The number of carboxylic acid groups (broad SMARTS) is 1. The molecule has 1 heterocycles. The molecule has 0 spiro atoms. The van der Waals surface area contributed by atoms with Gasteiger partial charge in [-0.15, -0.1) is 0 Å². The van der Waals surface area contributed by atoms with E-state index in [1.165, 1.54) is 19.1 Å². The number of nitrogens with zero attached hydrogens (tertiary/aromatic N) is 4. The van der Waals surface area contributed by atoms with E-state index in [4.69, 9.17) is 10.6 Å². The van der Waals surface area contributed by atoms with E-state index in [1.54, 1.807) is 11.0 Å². The van der Waals surface area contributed by atoms with Crippen LogP contribution in [0.25, 0.3) is 10.4 Å². The number of benzene rings is 1. The smallest absolute Gasteiger partial charge is 0.335 e. The maximum Gasteiger partial charge on any atom is 0.335 e. The molecular weight excluding hydrogens is 284 g/mol. The van der Waals surface area contributed by atoms with Gasteiger partial charge >= 0.3 is 5.97 Å². The number of carbonyl (C=O) groups excluding carboxylic acids is 1. The molecule has 0 saturated carbocycles. The molecule has 1 amide bonds. The van der Waals surface area contributed by atoms with E-state index in [1.807, 2.05) is 13.8 Å². The number of rotatable bonds is 3. The molecule has 1 N–H and O–H groups in total. The third-order valence-electron chi connectivity index (χ3n) is 4.22. The molecule has 0 radical (unpaired) electrons. The molecule has 0 aliphatic carbocycles. The predicted octanol–water partition coefficient (Wildman–Crippen LogP) is 3.52. The Morgan fingerprint density at radius 1 is 1.45 bits per heavy atom. The number of aromatic carboxylic acids is 1. The highest BCUT2D eigenvalue weighted by atomic mass is 16.4. The molecule has 3 unspecified atom stereocenters. The molecule has 0 aromatic heterocycles. The van der Waals surface area contributed by atoms with Crippen LogP contribution in [0.15, 0.2) is 23.3 Å². The molecule has 1 aromatic carbocycles. The molecule has 0 fully saturated rings. The Bertz CT molecular complexity index is 667. The van der Waals surface area contributed by atoms with Gasteiger partial charge in [0.15, 0.2) is 0 Å². The molecule has 116 valence electrons. The number of hydrogen-bond acceptors (Lipinski definition) is 3. The first-order valence-electron chi connectivity index (χ1n) is 7.13. The third kappa shape index (κ3) is 2.51. The van der Waals surface area contributed by atoms with E-state index < -0.39 is 12.0 Å². The SMILES string of the molecule is CCC1C(C)C(N=[N+]=[N-])c2cc(C(=O)O)ccc2N1C(C)=O. The summed E-state index contributed by atoms with van der Waals surface area (Å²) in [6.07, 6.45) is 0.721. The van der Waals surface area contributed by atoms with Crippen LogP contribution in [0.4, 0.5) is 5.69 Å². The van der Waals surface area contributed by atoms with Crippen molar-refractivity contribution in [3.63, 3.8) is 0 Å². The lowest BCUT2D eigenvalue weighted by molar-refractivity contribution is -0.117. The van der Waals surface area contributed by atoms with Crippen LogP contribution in [0.2, 0.25) is 0 Å². The fraction of sp³-hybridized carbons (Fsp3) is 0.467. The number of carboxylic acids is 1. The van der Waals surface area contributed by atoms with Gasteiger partial charge in [0.25, 0.3) is 0 Å². The lowest BCUT2D eigenvalue weighted by Gasteiger charge is -2.43. The van der Waals surface area contributed by atoms with Gasteiger partial charge in [-0.1, -0.05) is 19.0 Å². The van der Waals surface area contributed by atoms with Crippen LogP contribution in [0.1, 0.15) is 49.2 Å². The molecular formula is C15H18N4O3. The zero-order chi connectivity index (χ0) is 16.4. The second-order valence-electron chi connectivity index (χ2n) is 5.45. The quantitative estimate of drug-likeness (QED) is 0.524. The van der Waals surface area contributed by atoms with E-state index in [0.29, 0.717) is 11.3 Å². The summed E-state index contributed by atoms with van der Waals surface area (Å²) in [6.45, 7) is 5.37. The summed E-state index contributed by atoms with van der Waals surface area (Å²) in [5.74, 6) is -1.26. The van der Waals surface area contributed by atoms with Crippen molar-refractivity contribution in [3.05, 3.63) is 39.8 Å². The van der Waals surface area contributed by atoms with Crippen LogP contribution in [0, 0.1) is 5.92 Å². The molecule has 2 rings (SSSR count). The summed E-state index contributed by atoms with van der Waals surface area (Å²) in [6, 6.07) is 4.01. The minimum absolute atomic E-state index is 0.0869. The number of anilines is 1. The standard InChI is InChI=1S/C15H18N4O3/c1-4-12-8(2)14(17-18-16)11-7-10(15(21)22)5-6-13(11)19(12)9(3)20/h5-8,12,14H,4H2,1-3H3,(H,21,22). The number of amides is 1. The highest BCUT2D eigenvalue weighted by molar-refractivity contribution is 5.95. The molecule has 1 aliphatic heterocycles. The van der Waals surface area contributed by atoms with Gasteiger partial charge in [0, 0.05) is 23.6 Å². The van der Waals surface area contributed by atoms with Gasteiger partial charge in [0.1, 0.15) is 0 Å². The minimum Gasteiger partial charge on any atom is -0.478 e. The monoisotopic (exact) mass is 302 g/mol. The van der Waals surface area contributed by atoms with Crippen molar-refractivity contribution in [2.45, 2.75) is 39.3 Å². The summed E-state index contributed by atoms with van der Waals surface area (Å²) in [7, 11) is 0. The van der Waals surface area contributed by atoms with Crippen molar-refractivity contribution >= 4 is 17.6 Å². The molecule has 0 saturated heterocycles. The summed E-state index contributed by atoms with van der Waals surface area (Å²) < 4.78 is 0. The van der Waals surface area contributed by atoms with E-state index in [2.05, 4.69) is 10.0 Å². The minimum atomic E-state index is -1.05. The van der Waals surface area contributed by atoms with Gasteiger partial charge in [0.2, 0.25) is 5.91 Å². The Hall–Kier alpha value is -2.53. The Labute approximate surface area is 128 Å². The van der Waals surface area contributed by atoms with Crippen LogP contribution >= 0.6 is 0 Å². The molecule has 1 aliphatic rings. The fourth-order valence-electron chi connectivity index (χ4n) is 3.23. The molecule has 1 aromatic rings. The Kier molecular flexibility index (Phi) is 4.37. The topological polar surface area (TPSA) is 106 Å². The average molecular weight is 302 g/mol. The summed E-state index contributed by atoms with van der Waals surface area (Å²) in [5, 5.41) is 13.0. The van der Waals surface area contributed by atoms with E-state index >= 15 is 0 Å². The van der Waals surface area contributed by atoms with E-state index in [0.717, 1.165) is 6.42 Å². The van der Waals surface area contributed by atoms with Gasteiger partial charge in [-0.3, -0.25) is 4.79 Å². The molecule has 0 bridgehead atoms. The number of hydrogen-bond donors (Lipinski definition) is 1. The summed E-state index contributed by atoms with van der Waals surface area (Å²) >= 11 is 0. The summed E-state index contributed by atoms with van der Waals surface area (Å²) in [4.78, 5) is 27.8. The van der Waals surface area contributed by atoms with Gasteiger partial charge in [-0.25, -0.2) is 4.79 Å². The van der Waals surface area contributed by atoms with Crippen molar-refractivity contribution in [2.24, 2.45) is 11.0 Å². The molecule has 7 heteroatoms. The second kappa shape index (κ2) is 6.07. The van der Waals surface area contributed by atoms with Crippen LogP contribution in [0.3, 0.4) is 0 Å². The van der Waals surface area contributed by atoms with Crippen molar-refractivity contribution in [2.75, 3.05) is 4.90 Å². The van der Waals surface area contributed by atoms with Gasteiger partial charge in [-0.05, 0) is 41.6 Å². The Morgan fingerprint density at radius 3 is 2.64 bits per heavy atom. The molecule has 7 nitrogen and oxygen atoms in total. The van der Waals surface area contributed by atoms with E-state index in [-0.39, 0.29) is 23.4 Å². The Morgan fingerprint density at radius 2 is 2.14 bits per heavy atom. The van der Waals surface area contributed by atoms with Crippen LogP contribution in [0.5, 0.6) is 0 Å². The predicted molar refractivity (Wildman–Crippen MR) is 81.7 cm³/mol. The molecule has 3 atom stereocenters. The van der Waals surface area contributed by atoms with E-state index in [9.17, 15) is 9.59 Å². The lowest BCUT2D eigenvalue weighted by Crippen LogP contribution is -2.48. The van der Waals surface area contributed by atoms with Crippen molar-refractivity contribution in [1.82, 2.24) is 0 Å². The van der Waals surface area contributed by atoms with Crippen molar-refractivity contribution in [3.8, 4) is 0 Å². The zero-order valence-corrected chi connectivity index (χ0v) is 12.7. The van der Waals surface area contributed by atoms with Crippen molar-refractivity contribution < 1.29 is 14.7 Å². The first-order chi connectivity index (χ1) is 10.4. The van der Waals surface area contributed by atoms with Gasteiger partial charge in [-0.2, -0.15) is 0 Å². The lowest BCUT2D eigenvalue weighted by atomic mass is 9.81. The average Bonchev–Trinajstić information content (AvgIpc) is 2.48. The van der Waals surface area contributed by atoms with Crippen LogP contribution < -0.4 is 4.90 Å². The van der Waals surface area contributed by atoms with Gasteiger partial charge in [0.05, 0.1) is 11.6 Å². The first kappa shape index (κ1) is 15.9. The maximum atomic E-state index is 12.1. The number of fused-ring (bicyclic) bond motifs is 1. The third-order valence-corrected chi connectivity index (χ3v) is 4.22. The normalized spacial score (nSPS) is 23.4. The van der Waals surface area contributed by atoms with Crippen LogP contribution in [-0.4, -0.2) is 23.0 Å². The Balaban J connectivity index is 2.70. The highest BCUT2D eigenvalue weighted by Crippen LogP contribution is 2.44. The molecule has 22 heavy (non-hydrogen) atoms. The fourth-order valence-corrected chi connectivity index (χ4v) is 3.23. The second-order valence-corrected chi connectivity index (χ2v) is 5.45.